The third-order valence-corrected chi connectivity index (χ3v) is 2.87. The number of nitrogens with zero attached hydrogens (tertiary/aromatic N) is 4. The Bertz CT molecular complexity index is 706. The van der Waals surface area contributed by atoms with E-state index in [0.29, 0.717) is 6.61 Å². The van der Waals surface area contributed by atoms with Gasteiger partial charge in [0.15, 0.2) is 0 Å². The lowest BCUT2D eigenvalue weighted by Crippen LogP contribution is -1.95. The molecule has 0 amide bonds. The zero-order chi connectivity index (χ0) is 13.1. The van der Waals surface area contributed by atoms with E-state index in [1.54, 1.807) is 4.68 Å². The maximum Gasteiger partial charge on any atom is 0.144 e. The lowest BCUT2D eigenvalue weighted by Gasteiger charge is -2.03. The van der Waals surface area contributed by atoms with E-state index in [4.69, 9.17) is 4.84 Å². The van der Waals surface area contributed by atoms with E-state index in [9.17, 15) is 0 Å². The smallest absolute Gasteiger partial charge is 0.144 e. The number of hydrogen-bond acceptors (Lipinski definition) is 4. The molecule has 0 N–H and O–H groups in total. The molecule has 0 aliphatic rings. The molecule has 0 atom stereocenters. The normalized spacial score (nSPS) is 10.5. The summed E-state index contributed by atoms with van der Waals surface area (Å²) in [5, 5.41) is 11.8. The molecule has 0 radical (unpaired) electrons. The van der Waals surface area contributed by atoms with E-state index in [-0.39, 0.29) is 0 Å². The van der Waals surface area contributed by atoms with E-state index in [1.165, 1.54) is 0 Å². The molecule has 0 saturated heterocycles. The second-order valence-electron chi connectivity index (χ2n) is 4.02. The first-order valence-corrected chi connectivity index (χ1v) is 5.87. The summed E-state index contributed by atoms with van der Waals surface area (Å²) in [6.07, 6.45) is 0. The van der Waals surface area contributed by atoms with Crippen molar-refractivity contribution in [2.24, 2.45) is 5.16 Å². The van der Waals surface area contributed by atoms with Gasteiger partial charge in [0.1, 0.15) is 12.1 Å². The summed E-state index contributed by atoms with van der Waals surface area (Å²) in [6, 6.07) is 15.8. The predicted octanol–water partition coefficient (Wildman–Crippen LogP) is 2.55. The Hall–Kier alpha value is -2.69. The summed E-state index contributed by atoms with van der Waals surface area (Å²) < 4.78 is 1.81. The predicted molar refractivity (Wildman–Crippen MR) is 73.2 cm³/mol. The SMILES string of the molecule is C=NOCc1cccc2c1nnn2-c1ccccc1. The molecule has 2 aromatic carbocycles. The molecule has 5 nitrogen and oxygen atoms in total. The fraction of sp³-hybridized carbons (Fsp3) is 0.0714. The summed E-state index contributed by atoms with van der Waals surface area (Å²) >= 11 is 0. The van der Waals surface area contributed by atoms with Gasteiger partial charge in [0.2, 0.25) is 0 Å². The van der Waals surface area contributed by atoms with Gasteiger partial charge in [-0.15, -0.1) is 10.3 Å². The molecule has 3 aromatic rings. The molecule has 0 bridgehead atoms. The molecule has 0 saturated carbocycles. The van der Waals surface area contributed by atoms with E-state index < -0.39 is 0 Å². The number of hydrogen-bond donors (Lipinski definition) is 0. The van der Waals surface area contributed by atoms with Crippen LogP contribution < -0.4 is 0 Å². The van der Waals surface area contributed by atoms with Crippen molar-refractivity contribution in [2.75, 3.05) is 0 Å². The van der Waals surface area contributed by atoms with E-state index in [0.717, 1.165) is 22.3 Å². The Morgan fingerprint density at radius 3 is 2.74 bits per heavy atom. The fourth-order valence-electron chi connectivity index (χ4n) is 1.99. The van der Waals surface area contributed by atoms with E-state index >= 15 is 0 Å². The highest BCUT2D eigenvalue weighted by atomic mass is 16.6. The van der Waals surface area contributed by atoms with Crippen LogP contribution in [0.3, 0.4) is 0 Å². The van der Waals surface area contributed by atoms with Gasteiger partial charge in [-0.1, -0.05) is 35.5 Å². The number of fused-ring (bicyclic) bond motifs is 1. The quantitative estimate of drug-likeness (QED) is 0.529. The third-order valence-electron chi connectivity index (χ3n) is 2.87. The molecular formula is C14H12N4O. The highest BCUT2D eigenvalue weighted by Crippen LogP contribution is 2.20. The van der Waals surface area contributed by atoms with Gasteiger partial charge in [0, 0.05) is 12.3 Å². The maximum absolute atomic E-state index is 4.98. The Morgan fingerprint density at radius 1 is 1.11 bits per heavy atom. The maximum atomic E-state index is 4.98. The van der Waals surface area contributed by atoms with Crippen molar-refractivity contribution in [3.63, 3.8) is 0 Å². The van der Waals surface area contributed by atoms with Gasteiger partial charge < -0.3 is 4.84 Å². The van der Waals surface area contributed by atoms with Crippen LogP contribution in [0.2, 0.25) is 0 Å². The summed E-state index contributed by atoms with van der Waals surface area (Å²) in [7, 11) is 0. The van der Waals surface area contributed by atoms with Crippen molar-refractivity contribution in [1.82, 2.24) is 15.0 Å². The summed E-state index contributed by atoms with van der Waals surface area (Å²) in [6.45, 7) is 3.64. The minimum Gasteiger partial charge on any atom is -0.391 e. The Balaban J connectivity index is 2.11. The van der Waals surface area contributed by atoms with Crippen LogP contribution in [0.5, 0.6) is 0 Å². The van der Waals surface area contributed by atoms with Crippen LogP contribution in [-0.2, 0) is 11.4 Å². The second kappa shape index (κ2) is 4.89. The van der Waals surface area contributed by atoms with Gasteiger partial charge in [-0.05, 0) is 18.2 Å². The van der Waals surface area contributed by atoms with Crippen LogP contribution in [0.15, 0.2) is 53.7 Å². The van der Waals surface area contributed by atoms with Crippen LogP contribution >= 0.6 is 0 Å². The van der Waals surface area contributed by atoms with Crippen LogP contribution in [-0.4, -0.2) is 21.7 Å². The van der Waals surface area contributed by atoms with Crippen molar-refractivity contribution in [1.29, 1.82) is 0 Å². The Morgan fingerprint density at radius 2 is 1.95 bits per heavy atom. The average molecular weight is 252 g/mol. The van der Waals surface area contributed by atoms with Crippen molar-refractivity contribution in [3.8, 4) is 5.69 Å². The molecule has 19 heavy (non-hydrogen) atoms. The first-order valence-electron chi connectivity index (χ1n) is 5.87. The fourth-order valence-corrected chi connectivity index (χ4v) is 1.99. The van der Waals surface area contributed by atoms with E-state index in [2.05, 4.69) is 22.2 Å². The third kappa shape index (κ3) is 2.06. The van der Waals surface area contributed by atoms with Crippen LogP contribution in [0.25, 0.3) is 16.7 Å². The summed E-state index contributed by atoms with van der Waals surface area (Å²) in [5.74, 6) is 0. The highest BCUT2D eigenvalue weighted by Gasteiger charge is 2.10. The van der Waals surface area contributed by atoms with Crippen molar-refractivity contribution in [2.45, 2.75) is 6.61 Å². The number of aromatic nitrogens is 3. The second-order valence-corrected chi connectivity index (χ2v) is 4.02. The molecule has 1 aromatic heterocycles. The van der Waals surface area contributed by atoms with E-state index in [1.807, 2.05) is 48.5 Å². The number of rotatable bonds is 4. The van der Waals surface area contributed by atoms with Gasteiger partial charge >= 0.3 is 0 Å². The zero-order valence-corrected chi connectivity index (χ0v) is 10.2. The van der Waals surface area contributed by atoms with Gasteiger partial charge in [-0.3, -0.25) is 0 Å². The first kappa shape index (κ1) is 11.4. The monoisotopic (exact) mass is 252 g/mol. The number of oxime groups is 1. The molecule has 0 spiro atoms. The van der Waals surface area contributed by atoms with Gasteiger partial charge in [0.25, 0.3) is 0 Å². The number of para-hydroxylation sites is 1. The lowest BCUT2D eigenvalue weighted by atomic mass is 10.2. The van der Waals surface area contributed by atoms with Crippen LogP contribution in [0.1, 0.15) is 5.56 Å². The molecule has 5 heteroatoms. The van der Waals surface area contributed by atoms with Crippen LogP contribution in [0.4, 0.5) is 0 Å². The van der Waals surface area contributed by atoms with Gasteiger partial charge in [-0.2, -0.15) is 0 Å². The van der Waals surface area contributed by atoms with Crippen LogP contribution in [0, 0.1) is 0 Å². The van der Waals surface area contributed by atoms with Crippen molar-refractivity contribution >= 4 is 17.8 Å². The molecule has 0 unspecified atom stereocenters. The molecular weight excluding hydrogens is 240 g/mol. The molecule has 0 aliphatic heterocycles. The first-order chi connectivity index (χ1) is 9.40. The van der Waals surface area contributed by atoms with Crippen molar-refractivity contribution < 1.29 is 4.84 Å². The molecule has 0 fully saturated rings. The topological polar surface area (TPSA) is 52.3 Å². The highest BCUT2D eigenvalue weighted by molar-refractivity contribution is 5.79. The summed E-state index contributed by atoms with van der Waals surface area (Å²) in [5.41, 5.74) is 3.67. The molecule has 94 valence electrons. The van der Waals surface area contributed by atoms with Gasteiger partial charge in [-0.25, -0.2) is 4.68 Å². The average Bonchev–Trinajstić information content (AvgIpc) is 2.90. The molecule has 1 heterocycles. The van der Waals surface area contributed by atoms with Gasteiger partial charge in [0.05, 0.1) is 11.2 Å². The zero-order valence-electron chi connectivity index (χ0n) is 10.2. The Kier molecular flexibility index (Phi) is 2.94. The standard InChI is InChI=1S/C14H12N4O/c1-15-19-10-11-6-5-9-13-14(11)16-17-18(13)12-7-3-2-4-8-12/h2-9H,1,10H2. The molecule has 0 aliphatic carbocycles. The minimum absolute atomic E-state index is 0.342. The number of benzene rings is 2. The summed E-state index contributed by atoms with van der Waals surface area (Å²) in [4.78, 5) is 4.98. The Labute approximate surface area is 110 Å². The lowest BCUT2D eigenvalue weighted by molar-refractivity contribution is 0.134. The minimum atomic E-state index is 0.342. The largest absolute Gasteiger partial charge is 0.391 e. The van der Waals surface area contributed by atoms with Crippen molar-refractivity contribution in [3.05, 3.63) is 54.1 Å². The molecule has 3 rings (SSSR count).